The lowest BCUT2D eigenvalue weighted by Crippen LogP contribution is -2.43. The number of hydrogen-bond acceptors (Lipinski definition) is 3. The van der Waals surface area contributed by atoms with Gasteiger partial charge in [0.25, 0.3) is 5.91 Å². The van der Waals surface area contributed by atoms with Crippen LogP contribution in [0.15, 0.2) is 60.0 Å². The van der Waals surface area contributed by atoms with Gasteiger partial charge in [-0.05, 0) is 41.3 Å². The molecule has 142 valence electrons. The third-order valence-electron chi connectivity index (χ3n) is 4.88. The number of anilines is 1. The molecule has 0 aliphatic carbocycles. The number of fused-ring (bicyclic) bond motifs is 1. The Labute approximate surface area is 170 Å². The van der Waals surface area contributed by atoms with Crippen molar-refractivity contribution in [1.82, 2.24) is 4.90 Å². The van der Waals surface area contributed by atoms with E-state index in [0.717, 1.165) is 4.88 Å². The van der Waals surface area contributed by atoms with Crippen molar-refractivity contribution < 1.29 is 14.0 Å². The number of carbonyl (C=O) groups is 2. The number of likely N-dealkylation sites (N-methyl/N-ethyl adjacent to an activating group) is 1. The largest absolute Gasteiger partial charge is 0.333 e. The van der Waals surface area contributed by atoms with E-state index in [0.29, 0.717) is 16.8 Å². The van der Waals surface area contributed by atoms with Crippen molar-refractivity contribution in [3.05, 3.63) is 86.8 Å². The highest BCUT2D eigenvalue weighted by molar-refractivity contribution is 7.10. The molecule has 3 aromatic rings. The summed E-state index contributed by atoms with van der Waals surface area (Å²) in [6.45, 7) is 0. The highest BCUT2D eigenvalue weighted by Crippen LogP contribution is 2.43. The summed E-state index contributed by atoms with van der Waals surface area (Å²) in [7, 11) is 1.71. The lowest BCUT2D eigenvalue weighted by Gasteiger charge is -2.39. The Morgan fingerprint density at radius 3 is 2.68 bits per heavy atom. The minimum Gasteiger partial charge on any atom is -0.333 e. The molecule has 2 atom stereocenters. The number of hydrogen-bond donors (Lipinski definition) is 1. The van der Waals surface area contributed by atoms with Gasteiger partial charge in [-0.3, -0.25) is 9.59 Å². The van der Waals surface area contributed by atoms with Crippen molar-refractivity contribution in [3.8, 4) is 0 Å². The molecule has 2 amide bonds. The Morgan fingerprint density at radius 2 is 1.96 bits per heavy atom. The van der Waals surface area contributed by atoms with Crippen LogP contribution in [0.25, 0.3) is 0 Å². The van der Waals surface area contributed by atoms with Crippen LogP contribution in [-0.2, 0) is 4.79 Å². The van der Waals surface area contributed by atoms with E-state index in [4.69, 9.17) is 11.6 Å². The number of nitrogens with zero attached hydrogens (tertiary/aromatic N) is 1. The zero-order chi connectivity index (χ0) is 19.8. The maximum atomic E-state index is 13.4. The molecule has 1 N–H and O–H groups in total. The molecule has 4 nitrogen and oxygen atoms in total. The molecule has 28 heavy (non-hydrogen) atoms. The number of nitrogens with one attached hydrogen (secondary N) is 1. The average molecular weight is 415 g/mol. The summed E-state index contributed by atoms with van der Waals surface area (Å²) >= 11 is 7.34. The number of carbonyl (C=O) groups excluding carboxylic acids is 2. The van der Waals surface area contributed by atoms with E-state index in [1.165, 1.54) is 29.5 Å². The summed E-state index contributed by atoms with van der Waals surface area (Å²) in [4.78, 5) is 28.7. The van der Waals surface area contributed by atoms with Gasteiger partial charge in [0.1, 0.15) is 5.82 Å². The van der Waals surface area contributed by atoms with E-state index in [1.807, 2.05) is 29.6 Å². The highest BCUT2D eigenvalue weighted by atomic mass is 35.5. The van der Waals surface area contributed by atoms with Crippen LogP contribution in [-0.4, -0.2) is 23.8 Å². The van der Waals surface area contributed by atoms with Crippen LogP contribution in [0.4, 0.5) is 10.1 Å². The molecule has 1 aromatic heterocycles. The second-order valence-corrected chi connectivity index (χ2v) is 7.95. The van der Waals surface area contributed by atoms with Gasteiger partial charge in [-0.15, -0.1) is 11.3 Å². The standard InChI is InChI=1S/C21H16ClFN2O2S/c1-25-19(17-7-4-10-28-17)18(13-5-2-3-6-14(13)21(25)27)20(26)24-12-8-9-16(23)15(22)11-12/h2-11,18-19H,1H3,(H,24,26). The Morgan fingerprint density at radius 1 is 1.18 bits per heavy atom. The molecule has 0 saturated heterocycles. The molecule has 0 radical (unpaired) electrons. The Balaban J connectivity index is 1.78. The predicted molar refractivity (Wildman–Crippen MR) is 108 cm³/mol. The van der Waals surface area contributed by atoms with E-state index in [1.54, 1.807) is 24.1 Å². The van der Waals surface area contributed by atoms with Gasteiger partial charge in [0.05, 0.1) is 17.0 Å². The topological polar surface area (TPSA) is 49.4 Å². The Kier molecular flexibility index (Phi) is 4.91. The van der Waals surface area contributed by atoms with E-state index in [-0.39, 0.29) is 16.8 Å². The summed E-state index contributed by atoms with van der Waals surface area (Å²) in [5, 5.41) is 4.68. The highest BCUT2D eigenvalue weighted by Gasteiger charge is 2.43. The number of benzene rings is 2. The van der Waals surface area contributed by atoms with Gasteiger partial charge < -0.3 is 10.2 Å². The number of rotatable bonds is 3. The molecule has 0 fully saturated rings. The summed E-state index contributed by atoms with van der Waals surface area (Å²) < 4.78 is 13.4. The van der Waals surface area contributed by atoms with Crippen molar-refractivity contribution in [2.75, 3.05) is 12.4 Å². The molecule has 0 saturated carbocycles. The van der Waals surface area contributed by atoms with E-state index in [2.05, 4.69) is 5.32 Å². The van der Waals surface area contributed by atoms with Crippen LogP contribution >= 0.6 is 22.9 Å². The fourth-order valence-corrected chi connectivity index (χ4v) is 4.65. The van der Waals surface area contributed by atoms with Crippen molar-refractivity contribution >= 4 is 40.4 Å². The fraction of sp³-hybridized carbons (Fsp3) is 0.143. The first kappa shape index (κ1) is 18.7. The van der Waals surface area contributed by atoms with E-state index in [9.17, 15) is 14.0 Å². The zero-order valence-electron chi connectivity index (χ0n) is 14.9. The van der Waals surface area contributed by atoms with Crippen molar-refractivity contribution in [3.63, 3.8) is 0 Å². The zero-order valence-corrected chi connectivity index (χ0v) is 16.4. The third-order valence-corrected chi connectivity index (χ3v) is 6.12. The van der Waals surface area contributed by atoms with Gasteiger partial charge >= 0.3 is 0 Å². The number of halogens is 2. The summed E-state index contributed by atoms with van der Waals surface area (Å²) in [6.07, 6.45) is 0. The minimum atomic E-state index is -0.610. The summed E-state index contributed by atoms with van der Waals surface area (Å²) in [5.74, 6) is -1.57. The smallest absolute Gasteiger partial charge is 0.254 e. The lowest BCUT2D eigenvalue weighted by molar-refractivity contribution is -0.119. The van der Waals surface area contributed by atoms with Crippen LogP contribution in [0.5, 0.6) is 0 Å². The predicted octanol–water partition coefficient (Wildman–Crippen LogP) is 5.09. The molecule has 1 aliphatic heterocycles. The van der Waals surface area contributed by atoms with Crippen LogP contribution in [0.3, 0.4) is 0 Å². The van der Waals surface area contributed by atoms with Crippen LogP contribution < -0.4 is 5.32 Å². The quantitative estimate of drug-likeness (QED) is 0.649. The average Bonchev–Trinajstić information content (AvgIpc) is 3.21. The Bertz CT molecular complexity index is 1050. The number of thiophene rings is 1. The van der Waals surface area contributed by atoms with Gasteiger partial charge in [-0.2, -0.15) is 0 Å². The maximum Gasteiger partial charge on any atom is 0.254 e. The van der Waals surface area contributed by atoms with Crippen molar-refractivity contribution in [1.29, 1.82) is 0 Å². The van der Waals surface area contributed by atoms with Crippen LogP contribution in [0.1, 0.15) is 32.8 Å². The molecule has 4 rings (SSSR count). The van der Waals surface area contributed by atoms with Crippen LogP contribution in [0.2, 0.25) is 5.02 Å². The molecule has 2 aromatic carbocycles. The van der Waals surface area contributed by atoms with Crippen LogP contribution in [0, 0.1) is 5.82 Å². The summed E-state index contributed by atoms with van der Waals surface area (Å²) in [5.41, 5.74) is 1.59. The SMILES string of the molecule is CN1C(=O)c2ccccc2C(C(=O)Nc2ccc(F)c(Cl)c2)C1c1cccs1. The summed E-state index contributed by atoms with van der Waals surface area (Å²) in [6, 6.07) is 14.6. The monoisotopic (exact) mass is 414 g/mol. The van der Waals surface area contributed by atoms with E-state index < -0.39 is 17.8 Å². The first-order chi connectivity index (χ1) is 13.5. The molecular weight excluding hydrogens is 399 g/mol. The fourth-order valence-electron chi connectivity index (χ4n) is 3.57. The molecule has 1 aliphatic rings. The lowest BCUT2D eigenvalue weighted by atomic mass is 9.81. The van der Waals surface area contributed by atoms with Gasteiger partial charge in [-0.1, -0.05) is 35.9 Å². The van der Waals surface area contributed by atoms with Crippen molar-refractivity contribution in [2.24, 2.45) is 0 Å². The minimum absolute atomic E-state index is 0.0658. The van der Waals surface area contributed by atoms with Gasteiger partial charge in [0.15, 0.2) is 0 Å². The first-order valence-electron chi connectivity index (χ1n) is 8.63. The molecule has 0 bridgehead atoms. The van der Waals surface area contributed by atoms with Gasteiger partial charge in [0, 0.05) is 23.2 Å². The van der Waals surface area contributed by atoms with Gasteiger partial charge in [0.2, 0.25) is 5.91 Å². The van der Waals surface area contributed by atoms with Crippen molar-refractivity contribution in [2.45, 2.75) is 12.0 Å². The molecular formula is C21H16ClFN2O2S. The second kappa shape index (κ2) is 7.37. The molecule has 2 unspecified atom stereocenters. The Hall–Kier alpha value is -2.70. The normalized spacial score (nSPS) is 18.7. The second-order valence-electron chi connectivity index (χ2n) is 6.56. The molecule has 7 heteroatoms. The molecule has 0 spiro atoms. The van der Waals surface area contributed by atoms with Gasteiger partial charge in [-0.25, -0.2) is 4.39 Å². The first-order valence-corrected chi connectivity index (χ1v) is 9.88. The number of amides is 2. The maximum absolute atomic E-state index is 13.4. The van der Waals surface area contributed by atoms with E-state index >= 15 is 0 Å². The molecule has 2 heterocycles. The third kappa shape index (κ3) is 3.19.